The molecule has 4 nitrogen and oxygen atoms in total. The van der Waals surface area contributed by atoms with Crippen molar-refractivity contribution in [2.24, 2.45) is 11.3 Å². The first-order valence-electron chi connectivity index (χ1n) is 15.9. The van der Waals surface area contributed by atoms with Crippen LogP contribution in [0.2, 0.25) is 0 Å². The van der Waals surface area contributed by atoms with Crippen molar-refractivity contribution in [1.82, 2.24) is 0 Å². The first-order valence-corrected chi connectivity index (χ1v) is 17.0. The normalized spacial score (nSPS) is 15.7. The van der Waals surface area contributed by atoms with E-state index < -0.39 is 6.10 Å². The van der Waals surface area contributed by atoms with Crippen LogP contribution >= 0.6 is 22.6 Å². The molecule has 2 atom stereocenters. The summed E-state index contributed by atoms with van der Waals surface area (Å²) in [7, 11) is 0. The largest absolute Gasteiger partial charge is 0.479 e. The number of fused-ring (bicyclic) bond motifs is 1. The number of hydrogen-bond donors (Lipinski definition) is 1. The van der Waals surface area contributed by atoms with Gasteiger partial charge in [-0.1, -0.05) is 143 Å². The molecule has 1 amide bonds. The Morgan fingerprint density at radius 3 is 1.93 bits per heavy atom. The Bertz CT molecular complexity index is 1750. The zero-order valence-corrected chi connectivity index (χ0v) is 29.0. The number of carbonyl (C=O) groups excluding carboxylic acids is 1. The monoisotopic (exact) mass is 721 g/mol. The van der Waals surface area contributed by atoms with Gasteiger partial charge < -0.3 is 14.8 Å². The molecule has 1 aliphatic carbocycles. The summed E-state index contributed by atoms with van der Waals surface area (Å²) in [5.41, 5.74) is 8.30. The molecule has 1 N–H and O–H groups in total. The number of amides is 1. The van der Waals surface area contributed by atoms with E-state index in [9.17, 15) is 4.79 Å². The van der Waals surface area contributed by atoms with Crippen LogP contribution in [0, 0.1) is 14.9 Å². The summed E-state index contributed by atoms with van der Waals surface area (Å²) in [6.07, 6.45) is 0.123. The third-order valence-electron chi connectivity index (χ3n) is 8.71. The van der Waals surface area contributed by atoms with E-state index in [1.165, 1.54) is 11.1 Å². The highest BCUT2D eigenvalue weighted by atomic mass is 127. The molecule has 0 aliphatic heterocycles. The van der Waals surface area contributed by atoms with Crippen molar-refractivity contribution in [3.8, 4) is 28.0 Å². The van der Waals surface area contributed by atoms with Crippen LogP contribution in [-0.4, -0.2) is 12.0 Å². The predicted octanol–water partition coefficient (Wildman–Crippen LogP) is 10.5. The van der Waals surface area contributed by atoms with Crippen LogP contribution in [0.1, 0.15) is 50.5 Å². The summed E-state index contributed by atoms with van der Waals surface area (Å²) in [4.78, 5) is 14.2. The number of anilines is 1. The topological polar surface area (TPSA) is 47.6 Å². The van der Waals surface area contributed by atoms with Gasteiger partial charge in [0.05, 0.1) is 22.0 Å². The number of carbonyl (C=O) groups is 1. The third-order valence-corrected chi connectivity index (χ3v) is 9.82. The van der Waals surface area contributed by atoms with Gasteiger partial charge in [0.25, 0.3) is 5.91 Å². The maximum absolute atomic E-state index is 14.2. The Hall–Kier alpha value is -3.94. The maximum Gasteiger partial charge on any atom is 0.265 e. The van der Waals surface area contributed by atoms with E-state index in [1.807, 2.05) is 80.6 Å². The van der Waals surface area contributed by atoms with E-state index >= 15 is 0 Å². The van der Waals surface area contributed by atoms with Crippen molar-refractivity contribution >= 4 is 34.2 Å². The fourth-order valence-corrected chi connectivity index (χ4v) is 7.34. The van der Waals surface area contributed by atoms with Crippen LogP contribution in [0.15, 0.2) is 121 Å². The summed E-state index contributed by atoms with van der Waals surface area (Å²) in [6.45, 7) is 9.12. The minimum atomic E-state index is -0.711. The standard InChI is InChI=1S/C41H40INO3/c1-27(2)38(40(44)43-37-32(29-17-10-6-11-18-29)21-14-22-33(37)30-19-12-7-13-20-30)46-34-24-23-31-25-41(3,4)39(35(31)36(34)42)45-26-28-15-8-5-9-16-28/h5-24,27,38-39H,25-26H2,1-4H3,(H,43,44)/t38-,39+/m0/s1. The Morgan fingerprint density at radius 2 is 1.37 bits per heavy atom. The second kappa shape index (κ2) is 13.8. The van der Waals surface area contributed by atoms with Crippen LogP contribution in [0.4, 0.5) is 5.69 Å². The van der Waals surface area contributed by atoms with Crippen LogP contribution in [0.3, 0.4) is 0 Å². The zero-order valence-electron chi connectivity index (χ0n) is 26.8. The first kappa shape index (κ1) is 32.0. The van der Waals surface area contributed by atoms with Crippen molar-refractivity contribution < 1.29 is 14.3 Å². The van der Waals surface area contributed by atoms with Crippen LogP contribution in [-0.2, 0) is 22.6 Å². The van der Waals surface area contributed by atoms with Gasteiger partial charge in [-0.05, 0) is 68.7 Å². The van der Waals surface area contributed by atoms with Crippen LogP contribution in [0.25, 0.3) is 22.3 Å². The second-order valence-corrected chi connectivity index (χ2v) is 14.1. The molecule has 6 rings (SSSR count). The van der Waals surface area contributed by atoms with E-state index in [4.69, 9.17) is 9.47 Å². The average Bonchev–Trinajstić information content (AvgIpc) is 3.34. The van der Waals surface area contributed by atoms with Crippen molar-refractivity contribution in [2.45, 2.75) is 52.9 Å². The molecule has 0 saturated heterocycles. The molecule has 0 aromatic heterocycles. The minimum absolute atomic E-state index is 0.0700. The lowest BCUT2D eigenvalue weighted by molar-refractivity contribution is -0.124. The SMILES string of the molecule is CC(C)[C@H](Oc1ccc2c(c1I)[C@@H](OCc1ccccc1)C(C)(C)C2)C(=O)Nc1c(-c2ccccc2)cccc1-c1ccccc1. The molecule has 234 valence electrons. The summed E-state index contributed by atoms with van der Waals surface area (Å²) >= 11 is 2.39. The molecule has 0 saturated carbocycles. The van der Waals surface area contributed by atoms with Gasteiger partial charge in [-0.2, -0.15) is 0 Å². The number of rotatable bonds is 10. The number of benzene rings is 5. The first-order chi connectivity index (χ1) is 22.2. The molecule has 46 heavy (non-hydrogen) atoms. The molecule has 0 fully saturated rings. The quantitative estimate of drug-likeness (QED) is 0.146. The molecule has 5 aromatic rings. The molecular weight excluding hydrogens is 681 g/mol. The molecule has 0 spiro atoms. The number of ether oxygens (including phenoxy) is 2. The summed E-state index contributed by atoms with van der Waals surface area (Å²) in [5, 5.41) is 3.32. The number of para-hydroxylation sites is 1. The van der Waals surface area contributed by atoms with Gasteiger partial charge in [-0.3, -0.25) is 4.79 Å². The molecule has 0 bridgehead atoms. The highest BCUT2D eigenvalue weighted by Crippen LogP contribution is 2.51. The predicted molar refractivity (Wildman–Crippen MR) is 196 cm³/mol. The Labute approximate surface area is 286 Å². The van der Waals surface area contributed by atoms with Gasteiger partial charge in [0.15, 0.2) is 6.10 Å². The second-order valence-electron chi connectivity index (χ2n) is 13.0. The molecule has 5 heteroatoms. The maximum atomic E-state index is 14.2. The molecule has 0 heterocycles. The Balaban J connectivity index is 1.31. The summed E-state index contributed by atoms with van der Waals surface area (Å²) in [5.74, 6) is 0.456. The fourth-order valence-electron chi connectivity index (χ4n) is 6.41. The molecule has 1 aliphatic rings. The van der Waals surface area contributed by atoms with Gasteiger partial charge in [-0.15, -0.1) is 0 Å². The van der Waals surface area contributed by atoms with Gasteiger partial charge in [0, 0.05) is 16.7 Å². The van der Waals surface area contributed by atoms with E-state index in [0.29, 0.717) is 12.4 Å². The summed E-state index contributed by atoms with van der Waals surface area (Å²) in [6, 6.07) is 41.0. The lowest BCUT2D eigenvalue weighted by Gasteiger charge is -2.29. The molecule has 5 aromatic carbocycles. The van der Waals surface area contributed by atoms with Gasteiger partial charge >= 0.3 is 0 Å². The van der Waals surface area contributed by atoms with E-state index in [0.717, 1.165) is 43.5 Å². The van der Waals surface area contributed by atoms with Gasteiger partial charge in [0.2, 0.25) is 0 Å². The van der Waals surface area contributed by atoms with Crippen molar-refractivity contribution in [1.29, 1.82) is 0 Å². The highest BCUT2D eigenvalue weighted by Gasteiger charge is 2.42. The van der Waals surface area contributed by atoms with Crippen LogP contribution in [0.5, 0.6) is 5.75 Å². The average molecular weight is 722 g/mol. The number of nitrogens with one attached hydrogen (secondary N) is 1. The van der Waals surface area contributed by atoms with E-state index in [2.05, 4.69) is 96.4 Å². The summed E-state index contributed by atoms with van der Waals surface area (Å²) < 4.78 is 14.3. The van der Waals surface area contributed by atoms with Gasteiger partial charge in [-0.25, -0.2) is 0 Å². The van der Waals surface area contributed by atoms with Crippen molar-refractivity contribution in [2.75, 3.05) is 5.32 Å². The lowest BCUT2D eigenvalue weighted by atomic mass is 9.87. The van der Waals surface area contributed by atoms with Crippen molar-refractivity contribution in [3.63, 3.8) is 0 Å². The Kier molecular flexibility index (Phi) is 9.62. The number of hydrogen-bond acceptors (Lipinski definition) is 3. The lowest BCUT2D eigenvalue weighted by Crippen LogP contribution is -2.37. The smallest absolute Gasteiger partial charge is 0.265 e. The minimum Gasteiger partial charge on any atom is -0.479 e. The van der Waals surface area contributed by atoms with Crippen LogP contribution < -0.4 is 10.1 Å². The third kappa shape index (κ3) is 6.76. The van der Waals surface area contributed by atoms with Gasteiger partial charge in [0.1, 0.15) is 5.75 Å². The van der Waals surface area contributed by atoms with E-state index in [-0.39, 0.29) is 23.3 Å². The number of halogens is 1. The highest BCUT2D eigenvalue weighted by molar-refractivity contribution is 14.1. The fraction of sp³-hybridized carbons (Fsp3) is 0.244. The zero-order chi connectivity index (χ0) is 32.3. The molecule has 0 radical (unpaired) electrons. The van der Waals surface area contributed by atoms with Crippen molar-refractivity contribution in [3.05, 3.63) is 142 Å². The Morgan fingerprint density at radius 1 is 0.804 bits per heavy atom. The van der Waals surface area contributed by atoms with E-state index in [1.54, 1.807) is 0 Å². The molecule has 0 unspecified atom stereocenters. The molecular formula is C41H40INO3.